The highest BCUT2D eigenvalue weighted by Crippen LogP contribution is 2.70. The molecule has 1 aromatic carbocycles. The topological polar surface area (TPSA) is 83.8 Å². The Morgan fingerprint density at radius 2 is 1.95 bits per heavy atom. The Hall–Kier alpha value is -2.12. The summed E-state index contributed by atoms with van der Waals surface area (Å²) in [6.07, 6.45) is 3.07. The number of Topliss-reactive ketones (excluding diaryl/α,β-unsaturated/α-hetero) is 1. The number of benzene rings is 1. The van der Waals surface area contributed by atoms with Crippen LogP contribution in [-0.4, -0.2) is 57.7 Å². The minimum Gasteiger partial charge on any atom is -0.390 e. The minimum absolute atomic E-state index is 0.0821. The van der Waals surface area contributed by atoms with E-state index in [4.69, 9.17) is 16.3 Å². The third-order valence-electron chi connectivity index (χ3n) is 10.0. The second kappa shape index (κ2) is 8.98. The fraction of sp³-hybridized carbons (Fsp3) is 0.533. The number of halogens is 2. The number of hydrogen-bond donors (Lipinski definition) is 2. The first-order valence-corrected chi connectivity index (χ1v) is 13.4. The number of aliphatic hydroxyl groups excluding tert-OH is 1. The molecule has 5 rings (SSSR count). The van der Waals surface area contributed by atoms with Gasteiger partial charge in [-0.25, -0.2) is 4.39 Å². The van der Waals surface area contributed by atoms with Gasteiger partial charge in [-0.1, -0.05) is 55.5 Å². The fourth-order valence-corrected chi connectivity index (χ4v) is 8.15. The van der Waals surface area contributed by atoms with Gasteiger partial charge in [-0.3, -0.25) is 9.59 Å². The highest BCUT2D eigenvalue weighted by molar-refractivity contribution is 6.29. The monoisotopic (exact) mass is 528 g/mol. The molecule has 0 bridgehead atoms. The molecule has 198 valence electrons. The van der Waals surface area contributed by atoms with Crippen LogP contribution in [-0.2, 0) is 14.3 Å². The Kier molecular flexibility index (Phi) is 6.43. The van der Waals surface area contributed by atoms with Crippen LogP contribution in [0.15, 0.2) is 60.7 Å². The van der Waals surface area contributed by atoms with Crippen molar-refractivity contribution in [3.63, 3.8) is 0 Å². The van der Waals surface area contributed by atoms with Crippen molar-refractivity contribution in [3.8, 4) is 0 Å². The summed E-state index contributed by atoms with van der Waals surface area (Å²) in [5, 5.41) is 23.5. The molecule has 0 aliphatic heterocycles. The largest absolute Gasteiger partial charge is 0.390 e. The third-order valence-corrected chi connectivity index (χ3v) is 10.3. The first kappa shape index (κ1) is 26.5. The minimum atomic E-state index is -2.06. The Balaban J connectivity index is 1.51. The lowest BCUT2D eigenvalue weighted by Gasteiger charge is -2.62. The SMILES string of the molecule is C=C(COC1C[C@H]2[C@@H]3CCC4=CC(=O)C=C[C@]4(C)[C@@]3(F)C(O)C[C@]2(C)[C@@]1(O)C(=O)CCl)c1ccccc1. The summed E-state index contributed by atoms with van der Waals surface area (Å²) in [7, 11) is 0. The van der Waals surface area contributed by atoms with Crippen LogP contribution in [0.3, 0.4) is 0 Å². The van der Waals surface area contributed by atoms with E-state index in [0.29, 0.717) is 24.0 Å². The predicted molar refractivity (Wildman–Crippen MR) is 140 cm³/mol. The van der Waals surface area contributed by atoms with Gasteiger partial charge in [0.2, 0.25) is 0 Å². The molecule has 5 nitrogen and oxygen atoms in total. The lowest BCUT2D eigenvalue weighted by Crippen LogP contribution is -2.69. The first-order valence-electron chi connectivity index (χ1n) is 12.9. The normalized spacial score (nSPS) is 42.4. The van der Waals surface area contributed by atoms with Crippen LogP contribution in [0.25, 0.3) is 5.57 Å². The zero-order valence-electron chi connectivity index (χ0n) is 21.3. The Morgan fingerprint density at radius 1 is 1.24 bits per heavy atom. The maximum atomic E-state index is 17.4. The van der Waals surface area contributed by atoms with Gasteiger partial charge in [0.05, 0.1) is 24.7 Å². The number of alkyl halides is 2. The van der Waals surface area contributed by atoms with Crippen molar-refractivity contribution < 1.29 is 28.9 Å². The molecule has 0 saturated heterocycles. The molecular formula is C30H34ClFO5. The zero-order valence-corrected chi connectivity index (χ0v) is 22.0. The molecule has 3 fully saturated rings. The van der Waals surface area contributed by atoms with E-state index in [0.717, 1.165) is 5.56 Å². The molecule has 0 amide bonds. The number of ketones is 2. The van der Waals surface area contributed by atoms with Gasteiger partial charge in [-0.2, -0.15) is 0 Å². The van der Waals surface area contributed by atoms with Crippen LogP contribution < -0.4 is 0 Å². The van der Waals surface area contributed by atoms with Crippen LogP contribution in [0.2, 0.25) is 0 Å². The number of fused-ring (bicyclic) bond motifs is 5. The number of carbonyl (C=O) groups is 2. The van der Waals surface area contributed by atoms with Crippen LogP contribution in [0.5, 0.6) is 0 Å². The average Bonchev–Trinajstić information content (AvgIpc) is 3.11. The molecule has 0 aromatic heterocycles. The van der Waals surface area contributed by atoms with Gasteiger partial charge in [-0.15, -0.1) is 11.6 Å². The first-order chi connectivity index (χ1) is 17.4. The van der Waals surface area contributed by atoms with Crippen molar-refractivity contribution in [2.24, 2.45) is 22.7 Å². The maximum absolute atomic E-state index is 17.4. The van der Waals surface area contributed by atoms with Gasteiger partial charge in [0.25, 0.3) is 0 Å². The zero-order chi connectivity index (χ0) is 26.8. The van der Waals surface area contributed by atoms with E-state index in [1.807, 2.05) is 30.3 Å². The van der Waals surface area contributed by atoms with Gasteiger partial charge in [0.15, 0.2) is 22.8 Å². The van der Waals surface area contributed by atoms with Crippen molar-refractivity contribution in [3.05, 3.63) is 66.3 Å². The van der Waals surface area contributed by atoms with Crippen molar-refractivity contribution in [1.82, 2.24) is 0 Å². The van der Waals surface area contributed by atoms with E-state index in [1.54, 1.807) is 19.9 Å². The molecule has 2 unspecified atom stereocenters. The quantitative estimate of drug-likeness (QED) is 0.527. The van der Waals surface area contributed by atoms with E-state index < -0.39 is 57.8 Å². The predicted octanol–water partition coefficient (Wildman–Crippen LogP) is 4.60. The third kappa shape index (κ3) is 3.52. The fourth-order valence-electron chi connectivity index (χ4n) is 7.95. The van der Waals surface area contributed by atoms with Crippen LogP contribution >= 0.6 is 11.6 Å². The Morgan fingerprint density at radius 3 is 2.62 bits per heavy atom. The van der Waals surface area contributed by atoms with Crippen molar-refractivity contribution in [2.45, 2.75) is 63.0 Å². The van der Waals surface area contributed by atoms with E-state index in [9.17, 15) is 19.8 Å². The molecule has 0 spiro atoms. The number of hydrogen-bond acceptors (Lipinski definition) is 5. The summed E-state index contributed by atoms with van der Waals surface area (Å²) in [5.41, 5.74) is -4.10. The van der Waals surface area contributed by atoms with Crippen molar-refractivity contribution >= 4 is 28.7 Å². The molecule has 4 aliphatic rings. The molecule has 2 N–H and O–H groups in total. The lowest BCUT2D eigenvalue weighted by atomic mass is 9.44. The van der Waals surface area contributed by atoms with Crippen LogP contribution in [0.4, 0.5) is 4.39 Å². The highest BCUT2D eigenvalue weighted by Gasteiger charge is 2.76. The number of rotatable bonds is 6. The number of ether oxygens (including phenoxy) is 1. The summed E-state index contributed by atoms with van der Waals surface area (Å²) >= 11 is 6.00. The van der Waals surface area contributed by atoms with Gasteiger partial charge in [0.1, 0.15) is 0 Å². The van der Waals surface area contributed by atoms with E-state index >= 15 is 4.39 Å². The van der Waals surface area contributed by atoms with Crippen LogP contribution in [0, 0.1) is 22.7 Å². The molecule has 4 aliphatic carbocycles. The summed E-state index contributed by atoms with van der Waals surface area (Å²) in [4.78, 5) is 25.3. The van der Waals surface area contributed by atoms with Gasteiger partial charge in [-0.05, 0) is 61.8 Å². The molecule has 1 aromatic rings. The number of aliphatic hydroxyl groups is 2. The van der Waals surface area contributed by atoms with Gasteiger partial charge < -0.3 is 14.9 Å². The summed E-state index contributed by atoms with van der Waals surface area (Å²) < 4.78 is 23.6. The van der Waals surface area contributed by atoms with Gasteiger partial charge >= 0.3 is 0 Å². The van der Waals surface area contributed by atoms with E-state index in [-0.39, 0.29) is 25.2 Å². The molecule has 0 radical (unpaired) electrons. The molecule has 0 heterocycles. The molecule has 3 saturated carbocycles. The standard InChI is InChI=1S/C30H34ClFO5/c1-18(19-7-5-4-6-8-19)17-37-26-14-23-22-10-9-20-13-21(33)11-12-27(20,2)29(22,32)24(34)15-28(23,3)30(26,36)25(35)16-31/h4-8,11-13,22-24,26,34,36H,1,9-10,14-17H2,2-3H3/t22-,23-,24?,26?,27-,28-,29-,30+/m0/s1. The summed E-state index contributed by atoms with van der Waals surface area (Å²) in [6.45, 7) is 7.68. The molecular weight excluding hydrogens is 495 g/mol. The van der Waals surface area contributed by atoms with Crippen molar-refractivity contribution in [1.29, 1.82) is 0 Å². The Labute approximate surface area is 222 Å². The number of carbonyl (C=O) groups excluding carboxylic acids is 2. The average molecular weight is 529 g/mol. The second-order valence-electron chi connectivity index (χ2n) is 11.6. The Bertz CT molecular complexity index is 1200. The van der Waals surface area contributed by atoms with E-state index in [2.05, 4.69) is 6.58 Å². The maximum Gasteiger partial charge on any atom is 0.182 e. The lowest BCUT2D eigenvalue weighted by molar-refractivity contribution is -0.222. The highest BCUT2D eigenvalue weighted by atomic mass is 35.5. The molecule has 37 heavy (non-hydrogen) atoms. The second-order valence-corrected chi connectivity index (χ2v) is 11.9. The summed E-state index contributed by atoms with van der Waals surface area (Å²) in [5.74, 6) is -2.28. The van der Waals surface area contributed by atoms with E-state index in [1.165, 1.54) is 12.2 Å². The molecule has 8 atom stereocenters. The number of allylic oxidation sites excluding steroid dienone is 4. The van der Waals surface area contributed by atoms with Crippen molar-refractivity contribution in [2.75, 3.05) is 12.5 Å². The van der Waals surface area contributed by atoms with Crippen LogP contribution in [0.1, 0.15) is 45.1 Å². The summed E-state index contributed by atoms with van der Waals surface area (Å²) in [6, 6.07) is 9.49. The smallest absolute Gasteiger partial charge is 0.182 e. The van der Waals surface area contributed by atoms with Gasteiger partial charge in [0, 0.05) is 16.7 Å². The molecule has 7 heteroatoms.